The molecule has 1 saturated heterocycles. The van der Waals surface area contributed by atoms with E-state index < -0.39 is 6.04 Å². The normalized spacial score (nSPS) is 14.5. The second kappa shape index (κ2) is 8.64. The van der Waals surface area contributed by atoms with Crippen LogP contribution in [-0.2, 0) is 16.6 Å². The minimum absolute atomic E-state index is 0.164. The van der Waals surface area contributed by atoms with Crippen LogP contribution < -0.4 is 14.8 Å². The van der Waals surface area contributed by atoms with Gasteiger partial charge in [0.05, 0.1) is 20.8 Å². The largest absolute Gasteiger partial charge is 0.497 e. The van der Waals surface area contributed by atoms with Crippen LogP contribution >= 0.6 is 0 Å². The highest BCUT2D eigenvalue weighted by Crippen LogP contribution is 2.29. The number of methoxy groups -OCH3 is 2. The third kappa shape index (κ3) is 4.36. The van der Waals surface area contributed by atoms with Crippen molar-refractivity contribution >= 4 is 12.0 Å². The first kappa shape index (κ1) is 19.5. The SMILES string of the molecule is COc1cc(OC)cc(C(NC(=O)CCN2CCOC2=O)c2nccn2C)c1. The lowest BCUT2D eigenvalue weighted by Gasteiger charge is -2.21. The molecule has 1 aromatic carbocycles. The maximum absolute atomic E-state index is 12.6. The highest BCUT2D eigenvalue weighted by atomic mass is 16.6. The minimum Gasteiger partial charge on any atom is -0.497 e. The lowest BCUT2D eigenvalue weighted by molar-refractivity contribution is -0.121. The number of benzene rings is 1. The smallest absolute Gasteiger partial charge is 0.409 e. The Morgan fingerprint density at radius 3 is 2.54 bits per heavy atom. The summed E-state index contributed by atoms with van der Waals surface area (Å²) < 4.78 is 17.4. The highest BCUT2D eigenvalue weighted by molar-refractivity contribution is 5.78. The zero-order valence-corrected chi connectivity index (χ0v) is 16.2. The Labute approximate surface area is 163 Å². The van der Waals surface area contributed by atoms with E-state index in [0.717, 1.165) is 5.56 Å². The molecule has 0 spiro atoms. The average molecular weight is 388 g/mol. The molecule has 0 saturated carbocycles. The quantitative estimate of drug-likeness (QED) is 0.736. The molecular formula is C19H24N4O5. The van der Waals surface area contributed by atoms with Gasteiger partial charge in [-0.3, -0.25) is 4.79 Å². The second-order valence-corrected chi connectivity index (χ2v) is 6.39. The highest BCUT2D eigenvalue weighted by Gasteiger charge is 2.25. The van der Waals surface area contributed by atoms with E-state index in [0.29, 0.717) is 37.0 Å². The van der Waals surface area contributed by atoms with Crippen molar-refractivity contribution in [1.82, 2.24) is 19.8 Å². The van der Waals surface area contributed by atoms with Crippen molar-refractivity contribution in [2.75, 3.05) is 33.9 Å². The van der Waals surface area contributed by atoms with Crippen LogP contribution in [0.2, 0.25) is 0 Å². The molecule has 0 bridgehead atoms. The molecule has 28 heavy (non-hydrogen) atoms. The molecule has 1 N–H and O–H groups in total. The maximum Gasteiger partial charge on any atom is 0.409 e. The number of nitrogens with zero attached hydrogens (tertiary/aromatic N) is 3. The summed E-state index contributed by atoms with van der Waals surface area (Å²) >= 11 is 0. The van der Waals surface area contributed by atoms with Gasteiger partial charge in [-0.1, -0.05) is 0 Å². The van der Waals surface area contributed by atoms with Crippen molar-refractivity contribution in [2.24, 2.45) is 7.05 Å². The maximum atomic E-state index is 12.6. The van der Waals surface area contributed by atoms with Crippen LogP contribution in [0, 0.1) is 0 Å². The van der Waals surface area contributed by atoms with Gasteiger partial charge < -0.3 is 29.0 Å². The molecule has 9 nitrogen and oxygen atoms in total. The third-order valence-corrected chi connectivity index (χ3v) is 4.58. The Balaban J connectivity index is 1.81. The van der Waals surface area contributed by atoms with Gasteiger partial charge in [0.1, 0.15) is 30.0 Å². The Morgan fingerprint density at radius 1 is 1.29 bits per heavy atom. The third-order valence-electron chi connectivity index (χ3n) is 4.58. The molecule has 2 heterocycles. The number of aromatic nitrogens is 2. The number of imidazole rings is 1. The first-order valence-electron chi connectivity index (χ1n) is 8.93. The lowest BCUT2D eigenvalue weighted by atomic mass is 10.0. The molecule has 1 atom stereocenters. The summed E-state index contributed by atoms with van der Waals surface area (Å²) in [5.41, 5.74) is 0.777. The first-order chi connectivity index (χ1) is 13.5. The van der Waals surface area contributed by atoms with Crippen LogP contribution in [0.25, 0.3) is 0 Å². The van der Waals surface area contributed by atoms with E-state index in [1.807, 2.05) is 29.9 Å². The van der Waals surface area contributed by atoms with Crippen molar-refractivity contribution in [3.05, 3.63) is 42.0 Å². The van der Waals surface area contributed by atoms with Crippen molar-refractivity contribution in [1.29, 1.82) is 0 Å². The molecule has 2 aromatic rings. The van der Waals surface area contributed by atoms with Crippen molar-refractivity contribution < 1.29 is 23.8 Å². The topological polar surface area (TPSA) is 94.9 Å². The van der Waals surface area contributed by atoms with E-state index in [1.165, 1.54) is 4.90 Å². The summed E-state index contributed by atoms with van der Waals surface area (Å²) in [6.07, 6.45) is 3.26. The molecule has 0 aliphatic carbocycles. The standard InChI is InChI=1S/C19H24N4O5/c1-22-7-5-20-18(22)17(13-10-14(26-2)12-15(11-13)27-3)21-16(24)4-6-23-8-9-28-19(23)25/h5,7,10-12,17H,4,6,8-9H2,1-3H3,(H,21,24). The summed E-state index contributed by atoms with van der Waals surface area (Å²) in [7, 11) is 5.00. The van der Waals surface area contributed by atoms with Gasteiger partial charge in [0.25, 0.3) is 0 Å². The summed E-state index contributed by atoms with van der Waals surface area (Å²) in [5, 5.41) is 3.01. The van der Waals surface area contributed by atoms with E-state index in [2.05, 4.69) is 10.3 Å². The van der Waals surface area contributed by atoms with Crippen molar-refractivity contribution in [3.63, 3.8) is 0 Å². The van der Waals surface area contributed by atoms with Crippen molar-refractivity contribution in [3.8, 4) is 11.5 Å². The van der Waals surface area contributed by atoms with Crippen LogP contribution in [0.1, 0.15) is 23.9 Å². The van der Waals surface area contributed by atoms with Gasteiger partial charge in [-0.15, -0.1) is 0 Å². The molecular weight excluding hydrogens is 364 g/mol. The van der Waals surface area contributed by atoms with Crippen LogP contribution in [0.4, 0.5) is 4.79 Å². The number of aryl methyl sites for hydroxylation is 1. The van der Waals surface area contributed by atoms with Gasteiger partial charge in [0.2, 0.25) is 5.91 Å². The van der Waals surface area contributed by atoms with E-state index in [1.54, 1.807) is 26.5 Å². The minimum atomic E-state index is -0.498. The number of ether oxygens (including phenoxy) is 3. The molecule has 0 radical (unpaired) electrons. The Kier molecular flexibility index (Phi) is 6.03. The number of hydrogen-bond donors (Lipinski definition) is 1. The molecule has 1 aliphatic heterocycles. The molecule has 1 fully saturated rings. The number of cyclic esters (lactones) is 1. The number of hydrogen-bond acceptors (Lipinski definition) is 6. The summed E-state index contributed by atoms with van der Waals surface area (Å²) in [6, 6.07) is 4.93. The zero-order valence-electron chi connectivity index (χ0n) is 16.2. The summed E-state index contributed by atoms with van der Waals surface area (Å²) in [5.74, 6) is 1.70. The molecule has 3 rings (SSSR count). The molecule has 2 amide bonds. The Morgan fingerprint density at radius 2 is 2.00 bits per heavy atom. The molecule has 1 aromatic heterocycles. The molecule has 1 unspecified atom stereocenters. The van der Waals surface area contributed by atoms with Crippen LogP contribution in [0.5, 0.6) is 11.5 Å². The van der Waals surface area contributed by atoms with E-state index in [9.17, 15) is 9.59 Å². The number of carbonyl (C=O) groups excluding carboxylic acids is 2. The Bertz CT molecular complexity index is 828. The predicted octanol–water partition coefficient (Wildman–Crippen LogP) is 1.49. The van der Waals surface area contributed by atoms with E-state index >= 15 is 0 Å². The monoisotopic (exact) mass is 388 g/mol. The predicted molar refractivity (Wildman–Crippen MR) is 100 cm³/mol. The number of nitrogens with one attached hydrogen (secondary N) is 1. The van der Waals surface area contributed by atoms with Crippen molar-refractivity contribution in [2.45, 2.75) is 12.5 Å². The average Bonchev–Trinajstić information content (AvgIpc) is 3.31. The number of carbonyl (C=O) groups is 2. The van der Waals surface area contributed by atoms with Gasteiger partial charge in [-0.2, -0.15) is 0 Å². The fourth-order valence-electron chi connectivity index (χ4n) is 3.05. The lowest BCUT2D eigenvalue weighted by Crippen LogP contribution is -2.34. The van der Waals surface area contributed by atoms with Gasteiger partial charge in [0.15, 0.2) is 0 Å². The molecule has 9 heteroatoms. The second-order valence-electron chi connectivity index (χ2n) is 6.39. The van der Waals surface area contributed by atoms with E-state index in [-0.39, 0.29) is 18.4 Å². The van der Waals surface area contributed by atoms with Gasteiger partial charge >= 0.3 is 6.09 Å². The van der Waals surface area contributed by atoms with Gasteiger partial charge in [0, 0.05) is 38.5 Å². The summed E-state index contributed by atoms with van der Waals surface area (Å²) in [6.45, 7) is 1.17. The van der Waals surface area contributed by atoms with E-state index in [4.69, 9.17) is 14.2 Å². The number of rotatable bonds is 8. The fourth-order valence-corrected chi connectivity index (χ4v) is 3.05. The van der Waals surface area contributed by atoms with Gasteiger partial charge in [-0.25, -0.2) is 9.78 Å². The summed E-state index contributed by atoms with van der Waals surface area (Å²) in [4.78, 5) is 30.1. The molecule has 1 aliphatic rings. The molecule has 150 valence electrons. The van der Waals surface area contributed by atoms with Crippen LogP contribution in [0.15, 0.2) is 30.6 Å². The Hall–Kier alpha value is -3.23. The zero-order chi connectivity index (χ0) is 20.1. The van der Waals surface area contributed by atoms with Crippen LogP contribution in [-0.4, -0.2) is 60.4 Å². The van der Waals surface area contributed by atoms with Gasteiger partial charge in [-0.05, 0) is 17.7 Å². The number of amides is 2. The van der Waals surface area contributed by atoms with Crippen LogP contribution in [0.3, 0.4) is 0 Å². The first-order valence-corrected chi connectivity index (χ1v) is 8.93. The fraction of sp³-hybridized carbons (Fsp3) is 0.421.